The molecule has 0 aliphatic carbocycles. The highest BCUT2D eigenvalue weighted by atomic mass is 16.1. The summed E-state index contributed by atoms with van der Waals surface area (Å²) >= 11 is 0. The number of benzene rings is 1. The molecule has 0 fully saturated rings. The Labute approximate surface area is 88.7 Å². The summed E-state index contributed by atoms with van der Waals surface area (Å²) in [6, 6.07) is 4.07. The number of ketones is 1. The topological polar surface area (TPSA) is 34.9 Å². The molecular weight excluding hydrogens is 188 g/mol. The molecule has 3 nitrogen and oxygen atoms in total. The van der Waals surface area contributed by atoms with Gasteiger partial charge in [-0.15, -0.1) is 0 Å². The van der Waals surface area contributed by atoms with Gasteiger partial charge in [0.2, 0.25) is 0 Å². The van der Waals surface area contributed by atoms with Gasteiger partial charge >= 0.3 is 0 Å². The van der Waals surface area contributed by atoms with E-state index in [0.717, 1.165) is 16.6 Å². The van der Waals surface area contributed by atoms with Crippen LogP contribution in [-0.4, -0.2) is 15.3 Å². The summed E-state index contributed by atoms with van der Waals surface area (Å²) in [6.07, 6.45) is 0. The number of imidazole rings is 1. The molecule has 78 valence electrons. The Morgan fingerprint density at radius 3 is 2.60 bits per heavy atom. The largest absolute Gasteiger partial charge is 0.325 e. The Kier molecular flexibility index (Phi) is 2.11. The van der Waals surface area contributed by atoms with Crippen molar-refractivity contribution in [1.29, 1.82) is 0 Å². The summed E-state index contributed by atoms with van der Waals surface area (Å²) in [5.74, 6) is 0.532. The average molecular weight is 202 g/mol. The minimum atomic E-state index is 0.00533. The molecule has 0 aliphatic heterocycles. The number of carbonyl (C=O) groups excluding carboxylic acids is 1. The minimum Gasteiger partial charge on any atom is -0.325 e. The van der Waals surface area contributed by atoms with E-state index in [1.165, 1.54) is 5.56 Å². The first-order chi connectivity index (χ1) is 7.02. The molecule has 3 heteroatoms. The van der Waals surface area contributed by atoms with Crippen molar-refractivity contribution in [3.8, 4) is 0 Å². The lowest BCUT2D eigenvalue weighted by Gasteiger charge is -2.00. The van der Waals surface area contributed by atoms with E-state index in [9.17, 15) is 4.79 Å². The van der Waals surface area contributed by atoms with E-state index < -0.39 is 0 Å². The van der Waals surface area contributed by atoms with Crippen LogP contribution < -0.4 is 0 Å². The van der Waals surface area contributed by atoms with E-state index in [1.54, 1.807) is 6.92 Å². The number of Topliss-reactive ketones (excluding diaryl/α,β-unsaturated/α-hetero) is 1. The molecule has 0 aliphatic rings. The predicted molar refractivity (Wildman–Crippen MR) is 60.2 cm³/mol. The quantitative estimate of drug-likeness (QED) is 0.665. The molecule has 2 rings (SSSR count). The first-order valence-electron chi connectivity index (χ1n) is 4.96. The van der Waals surface area contributed by atoms with Crippen molar-refractivity contribution in [1.82, 2.24) is 9.55 Å². The minimum absolute atomic E-state index is 0.00533. The number of aryl methyl sites for hydroxylation is 3. The molecule has 0 radical (unpaired) electrons. The first-order valence-corrected chi connectivity index (χ1v) is 4.96. The Bertz CT molecular complexity index is 552. The second-order valence-electron chi connectivity index (χ2n) is 3.93. The highest BCUT2D eigenvalue weighted by Gasteiger charge is 2.13. The van der Waals surface area contributed by atoms with E-state index in [-0.39, 0.29) is 5.78 Å². The molecule has 0 spiro atoms. The van der Waals surface area contributed by atoms with Gasteiger partial charge in [-0.25, -0.2) is 4.98 Å². The van der Waals surface area contributed by atoms with Gasteiger partial charge in [0.05, 0.1) is 11.0 Å². The first kappa shape index (κ1) is 9.90. The fraction of sp³-hybridized carbons (Fsp3) is 0.333. The molecule has 0 unspecified atom stereocenters. The Morgan fingerprint density at radius 1 is 1.33 bits per heavy atom. The highest BCUT2D eigenvalue weighted by molar-refractivity contribution is 5.95. The normalized spacial score (nSPS) is 10.9. The van der Waals surface area contributed by atoms with E-state index in [0.29, 0.717) is 5.82 Å². The molecule has 0 saturated heterocycles. The smallest absolute Gasteiger partial charge is 0.195 e. The number of aromatic nitrogens is 2. The fourth-order valence-electron chi connectivity index (χ4n) is 1.81. The Morgan fingerprint density at radius 2 is 2.00 bits per heavy atom. The van der Waals surface area contributed by atoms with Crippen LogP contribution in [0.25, 0.3) is 11.0 Å². The summed E-state index contributed by atoms with van der Waals surface area (Å²) in [6.45, 7) is 5.63. The third-order valence-corrected chi connectivity index (χ3v) is 2.89. The number of rotatable bonds is 1. The van der Waals surface area contributed by atoms with Crippen LogP contribution in [0, 0.1) is 13.8 Å². The van der Waals surface area contributed by atoms with Crippen molar-refractivity contribution < 1.29 is 4.79 Å². The third-order valence-electron chi connectivity index (χ3n) is 2.89. The summed E-state index contributed by atoms with van der Waals surface area (Å²) in [4.78, 5) is 15.7. The number of nitrogens with zero attached hydrogens (tertiary/aromatic N) is 2. The van der Waals surface area contributed by atoms with Crippen molar-refractivity contribution in [3.63, 3.8) is 0 Å². The van der Waals surface area contributed by atoms with Crippen LogP contribution in [0.4, 0.5) is 0 Å². The number of hydrogen-bond acceptors (Lipinski definition) is 2. The molecule has 1 aromatic carbocycles. The Hall–Kier alpha value is -1.64. The van der Waals surface area contributed by atoms with Crippen molar-refractivity contribution in [2.75, 3.05) is 0 Å². The van der Waals surface area contributed by atoms with Crippen molar-refractivity contribution >= 4 is 16.8 Å². The van der Waals surface area contributed by atoms with Gasteiger partial charge in [0.1, 0.15) is 0 Å². The lowest BCUT2D eigenvalue weighted by atomic mass is 10.1. The van der Waals surface area contributed by atoms with Crippen molar-refractivity contribution in [2.24, 2.45) is 7.05 Å². The van der Waals surface area contributed by atoms with Gasteiger partial charge in [0.15, 0.2) is 11.6 Å². The van der Waals surface area contributed by atoms with Crippen LogP contribution in [0.5, 0.6) is 0 Å². The van der Waals surface area contributed by atoms with Crippen LogP contribution in [0.1, 0.15) is 28.7 Å². The number of fused-ring (bicyclic) bond motifs is 1. The molecule has 2 aromatic rings. The molecule has 15 heavy (non-hydrogen) atoms. The molecular formula is C12H14N2O. The maximum Gasteiger partial charge on any atom is 0.195 e. The number of hydrogen-bond donors (Lipinski definition) is 0. The monoisotopic (exact) mass is 202 g/mol. The van der Waals surface area contributed by atoms with Gasteiger partial charge in [-0.1, -0.05) is 6.07 Å². The highest BCUT2D eigenvalue weighted by Crippen LogP contribution is 2.21. The zero-order chi connectivity index (χ0) is 11.2. The second kappa shape index (κ2) is 3.19. The van der Waals surface area contributed by atoms with E-state index in [2.05, 4.69) is 18.0 Å². The SMILES string of the molecule is CC(=O)c1nc2c(C)c(C)ccc2n1C. The van der Waals surface area contributed by atoms with Crippen LogP contribution in [-0.2, 0) is 7.05 Å². The van der Waals surface area contributed by atoms with Gasteiger partial charge in [0.25, 0.3) is 0 Å². The van der Waals surface area contributed by atoms with E-state index in [1.807, 2.05) is 24.6 Å². The standard InChI is InChI=1S/C12H14N2O/c1-7-5-6-10-11(8(7)2)13-12(9(3)15)14(10)4/h5-6H,1-4H3. The second-order valence-corrected chi connectivity index (χ2v) is 3.93. The number of carbonyl (C=O) groups is 1. The van der Waals surface area contributed by atoms with Gasteiger partial charge in [-0.05, 0) is 31.0 Å². The molecule has 0 amide bonds. The van der Waals surface area contributed by atoms with E-state index in [4.69, 9.17) is 0 Å². The summed E-state index contributed by atoms with van der Waals surface area (Å²) < 4.78 is 1.85. The third kappa shape index (κ3) is 1.35. The van der Waals surface area contributed by atoms with Crippen molar-refractivity contribution in [2.45, 2.75) is 20.8 Å². The van der Waals surface area contributed by atoms with Crippen LogP contribution >= 0.6 is 0 Å². The fourth-order valence-corrected chi connectivity index (χ4v) is 1.81. The lowest BCUT2D eigenvalue weighted by molar-refractivity contribution is 0.100. The average Bonchev–Trinajstić information content (AvgIpc) is 2.51. The van der Waals surface area contributed by atoms with Gasteiger partial charge in [-0.3, -0.25) is 4.79 Å². The predicted octanol–water partition coefficient (Wildman–Crippen LogP) is 2.39. The maximum atomic E-state index is 11.3. The van der Waals surface area contributed by atoms with Gasteiger partial charge in [0, 0.05) is 14.0 Å². The van der Waals surface area contributed by atoms with Crippen LogP contribution in [0.3, 0.4) is 0 Å². The van der Waals surface area contributed by atoms with Crippen LogP contribution in [0.15, 0.2) is 12.1 Å². The van der Waals surface area contributed by atoms with Gasteiger partial charge in [-0.2, -0.15) is 0 Å². The molecule has 1 heterocycles. The molecule has 0 atom stereocenters. The van der Waals surface area contributed by atoms with Gasteiger partial charge < -0.3 is 4.57 Å². The molecule has 1 aromatic heterocycles. The van der Waals surface area contributed by atoms with E-state index >= 15 is 0 Å². The molecule has 0 bridgehead atoms. The molecule has 0 saturated carbocycles. The zero-order valence-electron chi connectivity index (χ0n) is 9.46. The summed E-state index contributed by atoms with van der Waals surface area (Å²) in [7, 11) is 1.88. The summed E-state index contributed by atoms with van der Waals surface area (Å²) in [5, 5.41) is 0. The molecule has 0 N–H and O–H groups in total. The Balaban J connectivity index is 2.88. The lowest BCUT2D eigenvalue weighted by Crippen LogP contribution is -2.02. The van der Waals surface area contributed by atoms with Crippen LogP contribution in [0.2, 0.25) is 0 Å². The zero-order valence-corrected chi connectivity index (χ0v) is 9.46. The van der Waals surface area contributed by atoms with Crippen molar-refractivity contribution in [3.05, 3.63) is 29.1 Å². The maximum absolute atomic E-state index is 11.3. The summed E-state index contributed by atoms with van der Waals surface area (Å²) in [5.41, 5.74) is 4.30.